The molecule has 1 heterocycles. The minimum atomic E-state index is -4.54. The number of anilines is 1. The number of amidine groups is 1. The van der Waals surface area contributed by atoms with Crippen molar-refractivity contribution in [1.82, 2.24) is 0 Å². The van der Waals surface area contributed by atoms with Crippen molar-refractivity contribution in [3.63, 3.8) is 0 Å². The summed E-state index contributed by atoms with van der Waals surface area (Å²) in [7, 11) is 0. The lowest BCUT2D eigenvalue weighted by Gasteiger charge is -2.25. The molecule has 2 rings (SSSR count). The summed E-state index contributed by atoms with van der Waals surface area (Å²) in [6, 6.07) is 4.75. The first-order valence-corrected chi connectivity index (χ1v) is 6.11. The van der Waals surface area contributed by atoms with Gasteiger partial charge in [0, 0.05) is 6.21 Å². The fourth-order valence-electron chi connectivity index (χ4n) is 1.85. The predicted molar refractivity (Wildman–Crippen MR) is 71.7 cm³/mol. The molecule has 20 heavy (non-hydrogen) atoms. The monoisotopic (exact) mass is 285 g/mol. The van der Waals surface area contributed by atoms with E-state index in [1.54, 1.807) is 19.1 Å². The van der Waals surface area contributed by atoms with Crippen LogP contribution in [0.3, 0.4) is 0 Å². The normalized spacial score (nSPS) is 15.2. The van der Waals surface area contributed by atoms with Gasteiger partial charge in [0.05, 0.1) is 18.8 Å². The summed E-state index contributed by atoms with van der Waals surface area (Å²) in [5, 5.41) is 4.58. The van der Waals surface area contributed by atoms with Gasteiger partial charge in [-0.1, -0.05) is 0 Å². The first-order valence-electron chi connectivity index (χ1n) is 6.11. The van der Waals surface area contributed by atoms with Crippen LogP contribution in [0.4, 0.5) is 18.9 Å². The fraction of sp³-hybridized carbons (Fsp3) is 0.385. The summed E-state index contributed by atoms with van der Waals surface area (Å²) in [6.45, 7) is 4.04. The highest BCUT2D eigenvalue weighted by Crippen LogP contribution is 2.29. The predicted octanol–water partition coefficient (Wildman–Crippen LogP) is 3.16. The summed E-state index contributed by atoms with van der Waals surface area (Å²) in [5.74, 6) is -0.369. The Bertz CT molecular complexity index is 552. The van der Waals surface area contributed by atoms with Gasteiger partial charge < -0.3 is 4.74 Å². The molecule has 0 fully saturated rings. The molecule has 0 spiro atoms. The molecule has 0 radical (unpaired) electrons. The molecule has 0 aromatic heterocycles. The zero-order valence-electron chi connectivity index (χ0n) is 11.1. The van der Waals surface area contributed by atoms with Crippen molar-refractivity contribution in [3.05, 3.63) is 23.8 Å². The maximum Gasteiger partial charge on any atom is 0.451 e. The SMILES string of the molecule is CCOc1ccc(N2N=CCN=C2C(F)(F)F)cc1C. The maximum atomic E-state index is 12.9. The Hall–Kier alpha value is -2.05. The molecule has 0 saturated heterocycles. The van der Waals surface area contributed by atoms with Crippen molar-refractivity contribution >= 4 is 17.7 Å². The van der Waals surface area contributed by atoms with Gasteiger partial charge >= 0.3 is 6.18 Å². The van der Waals surface area contributed by atoms with Crippen molar-refractivity contribution in [1.29, 1.82) is 0 Å². The fourth-order valence-corrected chi connectivity index (χ4v) is 1.85. The zero-order valence-corrected chi connectivity index (χ0v) is 11.1. The Morgan fingerprint density at radius 3 is 2.70 bits per heavy atom. The lowest BCUT2D eigenvalue weighted by Crippen LogP contribution is -2.40. The first kappa shape index (κ1) is 14.4. The van der Waals surface area contributed by atoms with Crippen LogP contribution in [0.1, 0.15) is 12.5 Å². The molecule has 0 bridgehead atoms. The molecule has 0 amide bonds. The van der Waals surface area contributed by atoms with E-state index in [0.717, 1.165) is 10.6 Å². The largest absolute Gasteiger partial charge is 0.494 e. The molecule has 1 aromatic rings. The Labute approximate surface area is 114 Å². The molecule has 108 valence electrons. The number of hydrazone groups is 1. The van der Waals surface area contributed by atoms with E-state index in [0.29, 0.717) is 18.0 Å². The Balaban J connectivity index is 2.35. The molecule has 4 nitrogen and oxygen atoms in total. The van der Waals surface area contributed by atoms with E-state index in [2.05, 4.69) is 10.1 Å². The lowest BCUT2D eigenvalue weighted by molar-refractivity contribution is -0.0604. The summed E-state index contributed by atoms with van der Waals surface area (Å²) >= 11 is 0. The highest BCUT2D eigenvalue weighted by atomic mass is 19.4. The van der Waals surface area contributed by atoms with Crippen LogP contribution in [0, 0.1) is 6.92 Å². The Morgan fingerprint density at radius 2 is 2.10 bits per heavy atom. The molecular formula is C13H14F3N3O. The van der Waals surface area contributed by atoms with E-state index in [1.807, 2.05) is 6.92 Å². The van der Waals surface area contributed by atoms with Gasteiger partial charge in [-0.3, -0.25) is 4.99 Å². The van der Waals surface area contributed by atoms with E-state index in [4.69, 9.17) is 4.74 Å². The summed E-state index contributed by atoms with van der Waals surface area (Å²) in [4.78, 5) is 3.48. The van der Waals surface area contributed by atoms with Gasteiger partial charge in [-0.2, -0.15) is 18.3 Å². The minimum Gasteiger partial charge on any atom is -0.494 e. The number of halogens is 3. The Kier molecular flexibility index (Phi) is 3.96. The van der Waals surface area contributed by atoms with Crippen LogP contribution in [0.5, 0.6) is 5.75 Å². The molecule has 0 aliphatic carbocycles. The smallest absolute Gasteiger partial charge is 0.451 e. The van der Waals surface area contributed by atoms with Crippen LogP contribution in [0.2, 0.25) is 0 Å². The molecule has 1 aliphatic heterocycles. The molecule has 7 heteroatoms. The highest BCUT2D eigenvalue weighted by molar-refractivity contribution is 6.03. The second-order valence-corrected chi connectivity index (χ2v) is 4.15. The number of aryl methyl sites for hydroxylation is 1. The second-order valence-electron chi connectivity index (χ2n) is 4.15. The third kappa shape index (κ3) is 2.92. The van der Waals surface area contributed by atoms with E-state index in [-0.39, 0.29) is 6.54 Å². The number of alkyl halides is 3. The lowest BCUT2D eigenvalue weighted by atomic mass is 10.2. The number of aliphatic imine (C=N–C) groups is 1. The van der Waals surface area contributed by atoms with Crippen LogP contribution < -0.4 is 9.75 Å². The van der Waals surface area contributed by atoms with E-state index >= 15 is 0 Å². The molecule has 0 unspecified atom stereocenters. The molecule has 1 aromatic carbocycles. The van der Waals surface area contributed by atoms with Gasteiger partial charge in [-0.25, -0.2) is 5.01 Å². The minimum absolute atomic E-state index is 0.0681. The third-order valence-electron chi connectivity index (χ3n) is 2.68. The molecule has 0 atom stereocenters. The number of ether oxygens (including phenoxy) is 1. The van der Waals surface area contributed by atoms with Crippen LogP contribution in [0.25, 0.3) is 0 Å². The van der Waals surface area contributed by atoms with Gasteiger partial charge in [0.1, 0.15) is 5.75 Å². The number of hydrogen-bond acceptors (Lipinski definition) is 4. The highest BCUT2D eigenvalue weighted by Gasteiger charge is 2.41. The third-order valence-corrected chi connectivity index (χ3v) is 2.68. The quantitative estimate of drug-likeness (QED) is 0.855. The molecule has 1 aliphatic rings. The van der Waals surface area contributed by atoms with E-state index in [1.165, 1.54) is 12.3 Å². The summed E-state index contributed by atoms with van der Waals surface area (Å²) < 4.78 is 44.1. The topological polar surface area (TPSA) is 37.2 Å². The number of hydrogen-bond donors (Lipinski definition) is 0. The van der Waals surface area contributed by atoms with Crippen molar-refractivity contribution in [2.75, 3.05) is 18.2 Å². The van der Waals surface area contributed by atoms with E-state index in [9.17, 15) is 13.2 Å². The van der Waals surface area contributed by atoms with Crippen LogP contribution >= 0.6 is 0 Å². The maximum absolute atomic E-state index is 12.9. The first-order chi connectivity index (χ1) is 9.43. The zero-order chi connectivity index (χ0) is 14.8. The second kappa shape index (κ2) is 5.52. The number of nitrogens with zero attached hydrogens (tertiary/aromatic N) is 3. The van der Waals surface area contributed by atoms with Gasteiger partial charge in [-0.05, 0) is 37.6 Å². The van der Waals surface area contributed by atoms with E-state index < -0.39 is 12.0 Å². The van der Waals surface area contributed by atoms with Crippen molar-refractivity contribution in [2.24, 2.45) is 10.1 Å². The number of benzene rings is 1. The van der Waals surface area contributed by atoms with Gasteiger partial charge in [0.25, 0.3) is 0 Å². The summed E-state index contributed by atoms with van der Waals surface area (Å²) in [6.07, 6.45) is -3.20. The van der Waals surface area contributed by atoms with Crippen molar-refractivity contribution in [2.45, 2.75) is 20.0 Å². The number of rotatable bonds is 3. The standard InChI is InChI=1S/C13H14F3N3O/c1-3-20-11-5-4-10(8-9(11)2)19-12(13(14,15)16)17-6-7-18-19/h4-5,7-8H,3,6H2,1-2H3. The van der Waals surface area contributed by atoms with Crippen LogP contribution in [-0.4, -0.2) is 31.4 Å². The van der Waals surface area contributed by atoms with Crippen molar-refractivity contribution in [3.8, 4) is 5.75 Å². The van der Waals surface area contributed by atoms with Gasteiger partial charge in [0.2, 0.25) is 5.84 Å². The molecule has 0 saturated carbocycles. The van der Waals surface area contributed by atoms with Crippen LogP contribution in [-0.2, 0) is 0 Å². The molecule has 0 N–H and O–H groups in total. The molecular weight excluding hydrogens is 271 g/mol. The van der Waals surface area contributed by atoms with Crippen molar-refractivity contribution < 1.29 is 17.9 Å². The van der Waals surface area contributed by atoms with Crippen LogP contribution in [0.15, 0.2) is 28.3 Å². The summed E-state index contributed by atoms with van der Waals surface area (Å²) in [5.41, 5.74) is 1.05. The average Bonchev–Trinajstić information content (AvgIpc) is 2.40. The van der Waals surface area contributed by atoms with Gasteiger partial charge in [-0.15, -0.1) is 0 Å². The average molecular weight is 285 g/mol. The van der Waals surface area contributed by atoms with Gasteiger partial charge in [0.15, 0.2) is 0 Å². The Morgan fingerprint density at radius 1 is 1.35 bits per heavy atom.